The lowest BCUT2D eigenvalue weighted by molar-refractivity contribution is -0.143. The number of hydrogen-bond donors (Lipinski definition) is 0. The summed E-state index contributed by atoms with van der Waals surface area (Å²) in [5.74, 6) is -0.238. The maximum Gasteiger partial charge on any atom is 0.306 e. The summed E-state index contributed by atoms with van der Waals surface area (Å²) in [6.07, 6.45) is 5.84. The quantitative estimate of drug-likeness (QED) is 0.392. The molecule has 3 heteroatoms. The molecule has 114 valence electrons. The van der Waals surface area contributed by atoms with Gasteiger partial charge in [0.1, 0.15) is 0 Å². The number of rotatable bonds is 6. The topological polar surface area (TPSA) is 50.1 Å². The molecule has 0 amide bonds. The summed E-state index contributed by atoms with van der Waals surface area (Å²) in [5, 5.41) is 8.90. The molecule has 20 heavy (non-hydrogen) atoms. The molecule has 0 heterocycles. The molecule has 0 rings (SSSR count). The third-order valence-corrected chi connectivity index (χ3v) is 2.00. The van der Waals surface area contributed by atoms with Crippen molar-refractivity contribution in [2.24, 2.45) is 0 Å². The summed E-state index contributed by atoms with van der Waals surface area (Å²) >= 11 is 0. The van der Waals surface area contributed by atoms with Crippen molar-refractivity contribution in [3.63, 3.8) is 0 Å². The highest BCUT2D eigenvalue weighted by Crippen LogP contribution is 2.16. The Hall–Kier alpha value is -1.82. The maximum atomic E-state index is 11.2. The minimum absolute atomic E-state index is 0.238. The zero-order valence-corrected chi connectivity index (χ0v) is 13.8. The molecule has 0 saturated carbocycles. The molecule has 0 aromatic heterocycles. The predicted molar refractivity (Wildman–Crippen MR) is 86.2 cm³/mol. The Labute approximate surface area is 124 Å². The summed E-state index contributed by atoms with van der Waals surface area (Å²) in [6, 6.07) is 2.08. The van der Waals surface area contributed by atoms with Gasteiger partial charge >= 0.3 is 5.97 Å². The fourth-order valence-corrected chi connectivity index (χ4v) is 1.24. The number of esters is 1. The zero-order chi connectivity index (χ0) is 16.4. The molecule has 0 fully saturated rings. The number of carbonyl (C=O) groups excluding carboxylic acids is 1. The van der Waals surface area contributed by atoms with Crippen molar-refractivity contribution in [2.75, 3.05) is 6.61 Å². The van der Waals surface area contributed by atoms with Crippen LogP contribution in [0.15, 0.2) is 36.0 Å². The Morgan fingerprint density at radius 2 is 1.80 bits per heavy atom. The molecular weight excluding hydrogens is 250 g/mol. The predicted octanol–water partition coefficient (Wildman–Crippen LogP) is 4.96. The summed E-state index contributed by atoms with van der Waals surface area (Å²) < 4.78 is 4.82. The summed E-state index contributed by atoms with van der Waals surface area (Å²) in [7, 11) is 0. The van der Waals surface area contributed by atoms with Gasteiger partial charge < -0.3 is 4.74 Å². The number of hydrogen-bond acceptors (Lipinski definition) is 3. The number of ether oxygens (including phenoxy) is 1. The Morgan fingerprint density at radius 1 is 1.25 bits per heavy atom. The third-order valence-electron chi connectivity index (χ3n) is 2.00. The summed E-state index contributed by atoms with van der Waals surface area (Å²) in [6.45, 7) is 15.5. The highest BCUT2D eigenvalue weighted by atomic mass is 16.5. The highest BCUT2D eigenvalue weighted by molar-refractivity contribution is 5.70. The largest absolute Gasteiger partial charge is 0.466 e. The number of nitrogens with zero attached hydrogens (tertiary/aromatic N) is 1. The van der Waals surface area contributed by atoms with Crippen LogP contribution in [0.25, 0.3) is 0 Å². The van der Waals surface area contributed by atoms with Crippen LogP contribution >= 0.6 is 0 Å². The van der Waals surface area contributed by atoms with E-state index in [1.807, 2.05) is 40.7 Å². The van der Waals surface area contributed by atoms with E-state index in [-0.39, 0.29) is 5.97 Å². The van der Waals surface area contributed by atoms with Gasteiger partial charge in [0, 0.05) is 6.42 Å². The van der Waals surface area contributed by atoms with Gasteiger partial charge in [0.2, 0.25) is 0 Å². The highest BCUT2D eigenvalue weighted by Gasteiger charge is 2.07. The van der Waals surface area contributed by atoms with E-state index in [0.717, 1.165) is 5.57 Å². The van der Waals surface area contributed by atoms with Crippen LogP contribution in [0.4, 0.5) is 0 Å². The van der Waals surface area contributed by atoms with Crippen LogP contribution in [-0.2, 0) is 9.53 Å². The van der Waals surface area contributed by atoms with Crippen LogP contribution in [0, 0.1) is 11.3 Å². The normalized spacial score (nSPS) is 10.1. The Morgan fingerprint density at radius 3 is 2.15 bits per heavy atom. The maximum absolute atomic E-state index is 11.2. The first-order chi connectivity index (χ1) is 9.69. The molecule has 0 aliphatic heterocycles. The summed E-state index contributed by atoms with van der Waals surface area (Å²) in [4.78, 5) is 11.2. The van der Waals surface area contributed by atoms with E-state index >= 15 is 0 Å². The van der Waals surface area contributed by atoms with Gasteiger partial charge in [-0.3, -0.25) is 4.79 Å². The van der Waals surface area contributed by atoms with Gasteiger partial charge in [-0.05, 0) is 31.9 Å². The van der Waals surface area contributed by atoms with Crippen LogP contribution < -0.4 is 0 Å². The van der Waals surface area contributed by atoms with Gasteiger partial charge in [-0.25, -0.2) is 0 Å². The molecule has 0 radical (unpaired) electrons. The van der Waals surface area contributed by atoms with Crippen molar-refractivity contribution >= 4 is 5.97 Å². The van der Waals surface area contributed by atoms with Crippen molar-refractivity contribution in [2.45, 2.75) is 54.4 Å². The standard InChI is InChI=1S/C13H17NO2.2C2H6/c1-4-7-12(10-14)11(5-2)8-9-13(15)16-6-3;2*1-2/h4-5,7H,1,6,8-9H2,2-3H3;2*1-2H3/b11-5-,12-7-;;. The number of carbonyl (C=O) groups is 1. The molecule has 0 spiro atoms. The second-order valence-corrected chi connectivity index (χ2v) is 3.05. The van der Waals surface area contributed by atoms with Gasteiger partial charge in [0.25, 0.3) is 0 Å². The molecule has 0 saturated heterocycles. The van der Waals surface area contributed by atoms with Crippen molar-refractivity contribution in [3.05, 3.63) is 36.0 Å². The van der Waals surface area contributed by atoms with E-state index < -0.39 is 0 Å². The lowest BCUT2D eigenvalue weighted by Crippen LogP contribution is -2.04. The van der Waals surface area contributed by atoms with E-state index in [1.54, 1.807) is 19.1 Å². The lowest BCUT2D eigenvalue weighted by atomic mass is 10.0. The van der Waals surface area contributed by atoms with Gasteiger partial charge in [-0.15, -0.1) is 0 Å². The first-order valence-corrected chi connectivity index (χ1v) is 7.23. The monoisotopic (exact) mass is 279 g/mol. The molecule has 3 nitrogen and oxygen atoms in total. The third kappa shape index (κ3) is 12.6. The van der Waals surface area contributed by atoms with E-state index in [4.69, 9.17) is 10.00 Å². The number of allylic oxidation sites excluding steroid dienone is 5. The van der Waals surface area contributed by atoms with Crippen molar-refractivity contribution in [1.29, 1.82) is 5.26 Å². The molecule has 0 aromatic carbocycles. The molecule has 0 bridgehead atoms. The van der Waals surface area contributed by atoms with E-state index in [9.17, 15) is 4.79 Å². The molecule has 0 aliphatic rings. The van der Waals surface area contributed by atoms with Crippen molar-refractivity contribution in [1.82, 2.24) is 0 Å². The Bertz CT molecular complexity index is 346. The number of nitriles is 1. The fraction of sp³-hybridized carbons (Fsp3) is 0.529. The minimum atomic E-state index is -0.238. The van der Waals surface area contributed by atoms with Crippen LogP contribution in [0.5, 0.6) is 0 Å². The fourth-order valence-electron chi connectivity index (χ4n) is 1.24. The van der Waals surface area contributed by atoms with E-state index in [2.05, 4.69) is 12.6 Å². The molecule has 0 atom stereocenters. The molecule has 0 N–H and O–H groups in total. The zero-order valence-electron chi connectivity index (χ0n) is 13.8. The minimum Gasteiger partial charge on any atom is -0.466 e. The van der Waals surface area contributed by atoms with Crippen molar-refractivity contribution in [3.8, 4) is 6.07 Å². The first kappa shape index (κ1) is 23.3. The Kier molecular flexibility index (Phi) is 22.7. The smallest absolute Gasteiger partial charge is 0.306 e. The SMILES string of the molecule is C=C/C=C(C#N)\C(=C/C)CCC(=O)OCC.CC.CC. The molecule has 0 unspecified atom stereocenters. The molecule has 0 aromatic rings. The van der Waals surface area contributed by atoms with Gasteiger partial charge in [-0.2, -0.15) is 5.26 Å². The van der Waals surface area contributed by atoms with Crippen LogP contribution in [0.2, 0.25) is 0 Å². The van der Waals surface area contributed by atoms with Crippen LogP contribution in [0.1, 0.15) is 54.4 Å². The lowest BCUT2D eigenvalue weighted by Gasteiger charge is -2.05. The van der Waals surface area contributed by atoms with Gasteiger partial charge in [-0.1, -0.05) is 46.4 Å². The summed E-state index contributed by atoms with van der Waals surface area (Å²) in [5.41, 5.74) is 1.39. The first-order valence-electron chi connectivity index (χ1n) is 7.23. The molecule has 0 aliphatic carbocycles. The van der Waals surface area contributed by atoms with Crippen LogP contribution in [-0.4, -0.2) is 12.6 Å². The van der Waals surface area contributed by atoms with Gasteiger partial charge in [0.15, 0.2) is 0 Å². The molecular formula is C17H29NO2. The van der Waals surface area contributed by atoms with Gasteiger partial charge in [0.05, 0.1) is 18.2 Å². The average molecular weight is 279 g/mol. The van der Waals surface area contributed by atoms with Crippen LogP contribution in [0.3, 0.4) is 0 Å². The second-order valence-electron chi connectivity index (χ2n) is 3.05. The average Bonchev–Trinajstić information content (AvgIpc) is 2.51. The Balaban J connectivity index is -0.000000656. The second kappa shape index (κ2) is 19.5. The van der Waals surface area contributed by atoms with E-state index in [0.29, 0.717) is 25.0 Å². The van der Waals surface area contributed by atoms with E-state index in [1.165, 1.54) is 0 Å². The van der Waals surface area contributed by atoms with Crippen molar-refractivity contribution < 1.29 is 9.53 Å².